The molecule has 0 amide bonds. The minimum Gasteiger partial charge on any atom is -0.379 e. The van der Waals surface area contributed by atoms with Crippen LogP contribution in [-0.4, -0.2) is 32.3 Å². The molecule has 3 nitrogen and oxygen atoms in total. The van der Waals surface area contributed by atoms with E-state index in [4.69, 9.17) is 10.5 Å². The van der Waals surface area contributed by atoms with Crippen LogP contribution in [0, 0.1) is 6.92 Å². The second kappa shape index (κ2) is 5.52. The number of nitrogens with zero attached hydrogens (tertiary/aromatic N) is 1. The van der Waals surface area contributed by atoms with Gasteiger partial charge in [-0.2, -0.15) is 0 Å². The molecular formula is C14H24N2O. The van der Waals surface area contributed by atoms with Gasteiger partial charge in [-0.3, -0.25) is 0 Å². The zero-order valence-electron chi connectivity index (χ0n) is 11.5. The number of nitrogens with two attached hydrogens (primary N) is 1. The standard InChI is InChI=1S/C14H24N2O/c1-11-8-6-7-9-13(11)16(4)14(3,10-15)12(2)17-5/h6-9,12H,10,15H2,1-5H3. The first kappa shape index (κ1) is 14.0. The van der Waals surface area contributed by atoms with Gasteiger partial charge in [-0.15, -0.1) is 0 Å². The molecule has 1 rings (SSSR count). The molecule has 0 spiro atoms. The van der Waals surface area contributed by atoms with Gasteiger partial charge in [0.2, 0.25) is 0 Å². The molecule has 0 aliphatic heterocycles. The van der Waals surface area contributed by atoms with Crippen LogP contribution in [-0.2, 0) is 4.74 Å². The van der Waals surface area contributed by atoms with Crippen molar-refractivity contribution in [2.75, 3.05) is 25.6 Å². The predicted octanol–water partition coefficient (Wildman–Crippen LogP) is 2.18. The lowest BCUT2D eigenvalue weighted by Crippen LogP contribution is -2.57. The molecule has 2 atom stereocenters. The Balaban J connectivity index is 3.09. The van der Waals surface area contributed by atoms with Gasteiger partial charge in [0.05, 0.1) is 11.6 Å². The SMILES string of the molecule is COC(C)C(C)(CN)N(C)c1ccccc1C. The number of likely N-dealkylation sites (N-methyl/N-ethyl adjacent to an activating group) is 1. The highest BCUT2D eigenvalue weighted by molar-refractivity contribution is 5.54. The zero-order chi connectivity index (χ0) is 13.1. The minimum absolute atomic E-state index is 0.0668. The van der Waals surface area contributed by atoms with Crippen molar-refractivity contribution in [3.63, 3.8) is 0 Å². The maximum absolute atomic E-state index is 5.95. The van der Waals surface area contributed by atoms with Gasteiger partial charge in [-0.25, -0.2) is 0 Å². The Bertz CT molecular complexity index is 367. The summed E-state index contributed by atoms with van der Waals surface area (Å²) >= 11 is 0. The number of ether oxygens (including phenoxy) is 1. The van der Waals surface area contributed by atoms with Crippen LogP contribution in [0.4, 0.5) is 5.69 Å². The summed E-state index contributed by atoms with van der Waals surface area (Å²) in [6.45, 7) is 6.85. The van der Waals surface area contributed by atoms with Crippen LogP contribution < -0.4 is 10.6 Å². The Labute approximate surface area is 105 Å². The lowest BCUT2D eigenvalue weighted by Gasteiger charge is -2.44. The number of hydrogen-bond donors (Lipinski definition) is 1. The quantitative estimate of drug-likeness (QED) is 0.851. The van der Waals surface area contributed by atoms with Crippen LogP contribution in [0.15, 0.2) is 24.3 Å². The first-order chi connectivity index (χ1) is 7.97. The monoisotopic (exact) mass is 236 g/mol. The molecule has 0 fully saturated rings. The summed E-state index contributed by atoms with van der Waals surface area (Å²) in [5, 5.41) is 0. The van der Waals surface area contributed by atoms with Crippen molar-refractivity contribution >= 4 is 5.69 Å². The molecule has 0 radical (unpaired) electrons. The molecule has 0 aliphatic carbocycles. The van der Waals surface area contributed by atoms with Crippen molar-refractivity contribution in [2.45, 2.75) is 32.4 Å². The third-order valence-corrected chi connectivity index (χ3v) is 3.89. The van der Waals surface area contributed by atoms with Crippen LogP contribution in [0.25, 0.3) is 0 Å². The number of hydrogen-bond acceptors (Lipinski definition) is 3. The maximum atomic E-state index is 5.95. The molecular weight excluding hydrogens is 212 g/mol. The molecule has 2 unspecified atom stereocenters. The molecule has 0 aliphatic rings. The van der Waals surface area contributed by atoms with Gasteiger partial charge < -0.3 is 15.4 Å². The summed E-state index contributed by atoms with van der Waals surface area (Å²) in [4.78, 5) is 2.22. The van der Waals surface area contributed by atoms with Gasteiger partial charge in [0, 0.05) is 26.4 Å². The van der Waals surface area contributed by atoms with Gasteiger partial charge in [-0.05, 0) is 32.4 Å². The van der Waals surface area contributed by atoms with Crippen molar-refractivity contribution in [3.8, 4) is 0 Å². The fourth-order valence-electron chi connectivity index (χ4n) is 2.04. The van der Waals surface area contributed by atoms with Gasteiger partial charge in [-0.1, -0.05) is 18.2 Å². The fraction of sp³-hybridized carbons (Fsp3) is 0.571. The number of methoxy groups -OCH3 is 1. The van der Waals surface area contributed by atoms with Crippen molar-refractivity contribution in [1.29, 1.82) is 0 Å². The summed E-state index contributed by atoms with van der Waals surface area (Å²) in [5.74, 6) is 0. The third-order valence-electron chi connectivity index (χ3n) is 3.89. The molecule has 96 valence electrons. The molecule has 0 bridgehead atoms. The van der Waals surface area contributed by atoms with Crippen LogP contribution in [0.2, 0.25) is 0 Å². The smallest absolute Gasteiger partial charge is 0.0784 e. The third kappa shape index (κ3) is 2.61. The molecule has 0 aromatic heterocycles. The van der Waals surface area contributed by atoms with Crippen molar-refractivity contribution < 1.29 is 4.74 Å². The summed E-state index contributed by atoms with van der Waals surface area (Å²) in [6.07, 6.45) is 0.0668. The highest BCUT2D eigenvalue weighted by Crippen LogP contribution is 2.28. The Morgan fingerprint density at radius 3 is 2.47 bits per heavy atom. The molecule has 0 heterocycles. The van der Waals surface area contributed by atoms with E-state index in [0.29, 0.717) is 6.54 Å². The maximum Gasteiger partial charge on any atom is 0.0784 e. The zero-order valence-corrected chi connectivity index (χ0v) is 11.5. The van der Waals surface area contributed by atoms with Crippen LogP contribution >= 0.6 is 0 Å². The van der Waals surface area contributed by atoms with E-state index in [2.05, 4.69) is 44.9 Å². The average Bonchev–Trinajstić information content (AvgIpc) is 2.36. The highest BCUT2D eigenvalue weighted by atomic mass is 16.5. The number of para-hydroxylation sites is 1. The molecule has 1 aromatic rings. The Hall–Kier alpha value is -1.06. The van der Waals surface area contributed by atoms with E-state index in [1.54, 1.807) is 7.11 Å². The van der Waals surface area contributed by atoms with Crippen molar-refractivity contribution in [1.82, 2.24) is 0 Å². The number of anilines is 1. The van der Waals surface area contributed by atoms with E-state index in [1.165, 1.54) is 11.3 Å². The molecule has 2 N–H and O–H groups in total. The van der Waals surface area contributed by atoms with E-state index >= 15 is 0 Å². The Morgan fingerprint density at radius 2 is 2.00 bits per heavy atom. The topological polar surface area (TPSA) is 38.5 Å². The summed E-state index contributed by atoms with van der Waals surface area (Å²) in [5.41, 5.74) is 8.19. The highest BCUT2D eigenvalue weighted by Gasteiger charge is 2.35. The van der Waals surface area contributed by atoms with Gasteiger partial charge >= 0.3 is 0 Å². The van der Waals surface area contributed by atoms with Gasteiger partial charge in [0.15, 0.2) is 0 Å². The lowest BCUT2D eigenvalue weighted by atomic mass is 9.92. The lowest BCUT2D eigenvalue weighted by molar-refractivity contribution is 0.0579. The van der Waals surface area contributed by atoms with Crippen LogP contribution in [0.3, 0.4) is 0 Å². The Morgan fingerprint density at radius 1 is 1.41 bits per heavy atom. The second-order valence-electron chi connectivity index (χ2n) is 4.78. The van der Waals surface area contributed by atoms with Crippen LogP contribution in [0.1, 0.15) is 19.4 Å². The summed E-state index contributed by atoms with van der Waals surface area (Å²) < 4.78 is 5.47. The van der Waals surface area contributed by atoms with E-state index in [1.807, 2.05) is 12.1 Å². The normalized spacial score (nSPS) is 16.4. The van der Waals surface area contributed by atoms with E-state index in [-0.39, 0.29) is 11.6 Å². The van der Waals surface area contributed by atoms with Crippen molar-refractivity contribution in [2.24, 2.45) is 5.73 Å². The van der Waals surface area contributed by atoms with Gasteiger partial charge in [0.25, 0.3) is 0 Å². The number of benzene rings is 1. The van der Waals surface area contributed by atoms with Crippen LogP contribution in [0.5, 0.6) is 0 Å². The summed E-state index contributed by atoms with van der Waals surface area (Å²) in [7, 11) is 3.80. The molecule has 17 heavy (non-hydrogen) atoms. The number of rotatable bonds is 5. The predicted molar refractivity (Wildman–Crippen MR) is 73.5 cm³/mol. The molecule has 0 saturated carbocycles. The van der Waals surface area contributed by atoms with E-state index < -0.39 is 0 Å². The Kier molecular flexibility index (Phi) is 4.54. The van der Waals surface area contributed by atoms with Gasteiger partial charge in [0.1, 0.15) is 0 Å². The largest absolute Gasteiger partial charge is 0.379 e. The van der Waals surface area contributed by atoms with E-state index in [9.17, 15) is 0 Å². The molecule has 1 aromatic carbocycles. The first-order valence-corrected chi connectivity index (χ1v) is 5.99. The summed E-state index contributed by atoms with van der Waals surface area (Å²) in [6, 6.07) is 8.32. The molecule has 3 heteroatoms. The second-order valence-corrected chi connectivity index (χ2v) is 4.78. The fourth-order valence-corrected chi connectivity index (χ4v) is 2.04. The van der Waals surface area contributed by atoms with Crippen molar-refractivity contribution in [3.05, 3.63) is 29.8 Å². The first-order valence-electron chi connectivity index (χ1n) is 5.99. The van der Waals surface area contributed by atoms with E-state index in [0.717, 1.165) is 0 Å². The average molecular weight is 236 g/mol. The number of aryl methyl sites for hydroxylation is 1. The minimum atomic E-state index is -0.207. The molecule has 0 saturated heterocycles.